The first-order valence-electron chi connectivity index (χ1n) is 9.80. The fourth-order valence-corrected chi connectivity index (χ4v) is 4.58. The van der Waals surface area contributed by atoms with Crippen LogP contribution in [0, 0.1) is 0 Å². The Balaban J connectivity index is 1.58. The molecule has 0 unspecified atom stereocenters. The molecule has 3 amide bonds. The van der Waals surface area contributed by atoms with Crippen molar-refractivity contribution in [2.45, 2.75) is 18.0 Å². The molecule has 0 radical (unpaired) electrons. The van der Waals surface area contributed by atoms with Crippen molar-refractivity contribution < 1.29 is 22.8 Å². The Morgan fingerprint density at radius 2 is 1.58 bits per heavy atom. The number of benzene rings is 2. The third-order valence-electron chi connectivity index (χ3n) is 4.52. The van der Waals surface area contributed by atoms with Crippen molar-refractivity contribution in [1.82, 2.24) is 15.4 Å². The van der Waals surface area contributed by atoms with Gasteiger partial charge in [0.1, 0.15) is 0 Å². The van der Waals surface area contributed by atoms with E-state index in [9.17, 15) is 22.8 Å². The number of nitrogens with two attached hydrogens (primary N) is 1. The van der Waals surface area contributed by atoms with Gasteiger partial charge in [-0.05, 0) is 47.3 Å². The monoisotopic (exact) mass is 486 g/mol. The Hall–Kier alpha value is -3.54. The van der Waals surface area contributed by atoms with E-state index in [4.69, 9.17) is 5.73 Å². The molecule has 1 aromatic heterocycles. The molecule has 0 aliphatic heterocycles. The fraction of sp³-hybridized carbons (Fsp3) is 0.136. The molecule has 0 atom stereocenters. The SMILES string of the molecule is NC(=O)CNC(=O)c1ccc(CNC(=O)c2cccc(S(=O)(=O)NCc3cccs3)c2)cc1. The number of carbonyl (C=O) groups excluding carboxylic acids is 3. The lowest BCUT2D eigenvalue weighted by Crippen LogP contribution is -2.33. The van der Waals surface area contributed by atoms with Crippen molar-refractivity contribution in [3.8, 4) is 0 Å². The van der Waals surface area contributed by atoms with Gasteiger partial charge in [-0.15, -0.1) is 11.3 Å². The van der Waals surface area contributed by atoms with Gasteiger partial charge in [-0.1, -0.05) is 24.3 Å². The third kappa shape index (κ3) is 6.97. The first-order chi connectivity index (χ1) is 15.7. The molecule has 0 saturated carbocycles. The number of hydrogen-bond donors (Lipinski definition) is 4. The summed E-state index contributed by atoms with van der Waals surface area (Å²) in [6.45, 7) is 0.0948. The topological polar surface area (TPSA) is 147 Å². The predicted molar refractivity (Wildman–Crippen MR) is 124 cm³/mol. The Kier molecular flexibility index (Phi) is 7.93. The van der Waals surface area contributed by atoms with Gasteiger partial charge in [-0.2, -0.15) is 0 Å². The van der Waals surface area contributed by atoms with Crippen LogP contribution in [-0.4, -0.2) is 32.7 Å². The van der Waals surface area contributed by atoms with Crippen LogP contribution in [0.1, 0.15) is 31.2 Å². The smallest absolute Gasteiger partial charge is 0.251 e. The molecule has 9 nitrogen and oxygen atoms in total. The number of sulfonamides is 1. The zero-order valence-corrected chi connectivity index (χ0v) is 19.0. The molecule has 33 heavy (non-hydrogen) atoms. The summed E-state index contributed by atoms with van der Waals surface area (Å²) >= 11 is 1.45. The highest BCUT2D eigenvalue weighted by Gasteiger charge is 2.16. The molecule has 11 heteroatoms. The Morgan fingerprint density at radius 1 is 0.848 bits per heavy atom. The van der Waals surface area contributed by atoms with E-state index in [-0.39, 0.29) is 30.1 Å². The average molecular weight is 487 g/mol. The normalized spacial score (nSPS) is 11.0. The summed E-state index contributed by atoms with van der Waals surface area (Å²) in [5, 5.41) is 6.97. The lowest BCUT2D eigenvalue weighted by Gasteiger charge is -2.09. The van der Waals surface area contributed by atoms with E-state index in [0.29, 0.717) is 5.56 Å². The molecule has 0 fully saturated rings. The lowest BCUT2D eigenvalue weighted by atomic mass is 10.1. The standard InChI is InChI=1S/C22H22N4O5S2/c23-20(27)14-25-21(28)16-8-6-15(7-9-16)12-24-22(29)17-3-1-5-19(11-17)33(30,31)26-13-18-4-2-10-32-18/h1-11,26H,12-14H2,(H2,23,27)(H,24,29)(H,25,28). The van der Waals surface area contributed by atoms with Crippen LogP contribution in [0.3, 0.4) is 0 Å². The number of carbonyl (C=O) groups is 3. The second-order valence-corrected chi connectivity index (χ2v) is 9.76. The molecule has 0 spiro atoms. The van der Waals surface area contributed by atoms with Crippen molar-refractivity contribution in [1.29, 1.82) is 0 Å². The minimum absolute atomic E-state index is 0.00182. The van der Waals surface area contributed by atoms with E-state index in [1.165, 1.54) is 35.6 Å². The zero-order valence-electron chi connectivity index (χ0n) is 17.4. The molecule has 2 aromatic carbocycles. The average Bonchev–Trinajstić information content (AvgIpc) is 3.34. The van der Waals surface area contributed by atoms with Crippen LogP contribution < -0.4 is 21.1 Å². The second-order valence-electron chi connectivity index (χ2n) is 6.96. The molecule has 0 bridgehead atoms. The van der Waals surface area contributed by atoms with Gasteiger partial charge in [0.2, 0.25) is 15.9 Å². The fourth-order valence-electron chi connectivity index (χ4n) is 2.79. The Labute approximate surface area is 195 Å². The van der Waals surface area contributed by atoms with Crippen LogP contribution in [-0.2, 0) is 27.9 Å². The number of rotatable bonds is 10. The largest absolute Gasteiger partial charge is 0.368 e. The number of nitrogens with one attached hydrogen (secondary N) is 3. The maximum Gasteiger partial charge on any atom is 0.251 e. The molecular weight excluding hydrogens is 464 g/mol. The Morgan fingerprint density at radius 3 is 2.24 bits per heavy atom. The maximum atomic E-state index is 12.6. The van der Waals surface area contributed by atoms with Gasteiger partial charge in [-0.3, -0.25) is 14.4 Å². The van der Waals surface area contributed by atoms with Crippen LogP contribution in [0.2, 0.25) is 0 Å². The summed E-state index contributed by atoms with van der Waals surface area (Å²) in [4.78, 5) is 36.0. The molecule has 0 aliphatic rings. The van der Waals surface area contributed by atoms with Gasteiger partial charge in [0.25, 0.3) is 11.8 Å². The minimum atomic E-state index is -3.77. The lowest BCUT2D eigenvalue weighted by molar-refractivity contribution is -0.117. The summed E-state index contributed by atoms with van der Waals surface area (Å²) in [6, 6.07) is 15.9. The number of amides is 3. The molecule has 1 heterocycles. The van der Waals surface area contributed by atoms with E-state index in [0.717, 1.165) is 10.4 Å². The maximum absolute atomic E-state index is 12.6. The van der Waals surface area contributed by atoms with Crippen molar-refractivity contribution in [2.24, 2.45) is 5.73 Å². The first-order valence-corrected chi connectivity index (χ1v) is 12.2. The summed E-state index contributed by atoms with van der Waals surface area (Å²) in [5.74, 6) is -1.51. The van der Waals surface area contributed by atoms with E-state index in [2.05, 4.69) is 15.4 Å². The highest BCUT2D eigenvalue weighted by Crippen LogP contribution is 2.14. The van der Waals surface area contributed by atoms with Crippen LogP contribution in [0.15, 0.2) is 70.9 Å². The van der Waals surface area contributed by atoms with E-state index in [1.54, 1.807) is 24.3 Å². The Bertz CT molecular complexity index is 1240. The molecule has 0 saturated heterocycles. The first kappa shape index (κ1) is 24.1. The van der Waals surface area contributed by atoms with E-state index >= 15 is 0 Å². The third-order valence-corrected chi connectivity index (χ3v) is 6.79. The van der Waals surface area contributed by atoms with Gasteiger partial charge in [0.05, 0.1) is 11.4 Å². The van der Waals surface area contributed by atoms with Gasteiger partial charge in [0.15, 0.2) is 0 Å². The van der Waals surface area contributed by atoms with Gasteiger partial charge >= 0.3 is 0 Å². The summed E-state index contributed by atoms with van der Waals surface area (Å²) in [5.41, 5.74) is 6.28. The molecule has 3 aromatic rings. The summed E-state index contributed by atoms with van der Waals surface area (Å²) in [7, 11) is -3.77. The molecular formula is C22H22N4O5S2. The highest BCUT2D eigenvalue weighted by molar-refractivity contribution is 7.89. The molecule has 3 rings (SSSR count). The van der Waals surface area contributed by atoms with Gasteiger partial charge in [0, 0.05) is 29.1 Å². The predicted octanol–water partition coefficient (Wildman–Crippen LogP) is 1.37. The molecule has 5 N–H and O–H groups in total. The zero-order chi connectivity index (χ0) is 23.8. The van der Waals surface area contributed by atoms with Gasteiger partial charge < -0.3 is 16.4 Å². The van der Waals surface area contributed by atoms with Crippen LogP contribution >= 0.6 is 11.3 Å². The molecule has 172 valence electrons. The number of primary amides is 1. The van der Waals surface area contributed by atoms with Crippen LogP contribution in [0.4, 0.5) is 0 Å². The van der Waals surface area contributed by atoms with Crippen molar-refractivity contribution in [2.75, 3.05) is 6.54 Å². The van der Waals surface area contributed by atoms with Crippen molar-refractivity contribution in [3.63, 3.8) is 0 Å². The minimum Gasteiger partial charge on any atom is -0.368 e. The summed E-state index contributed by atoms with van der Waals surface area (Å²) in [6.07, 6.45) is 0. The second kappa shape index (κ2) is 10.9. The van der Waals surface area contributed by atoms with E-state index < -0.39 is 27.7 Å². The van der Waals surface area contributed by atoms with E-state index in [1.807, 2.05) is 17.5 Å². The molecule has 0 aliphatic carbocycles. The highest BCUT2D eigenvalue weighted by atomic mass is 32.2. The number of thiophene rings is 1. The summed E-state index contributed by atoms with van der Waals surface area (Å²) < 4.78 is 27.6. The van der Waals surface area contributed by atoms with Gasteiger partial charge in [-0.25, -0.2) is 13.1 Å². The van der Waals surface area contributed by atoms with Crippen molar-refractivity contribution in [3.05, 3.63) is 87.6 Å². The van der Waals surface area contributed by atoms with Crippen LogP contribution in [0.25, 0.3) is 0 Å². The van der Waals surface area contributed by atoms with Crippen molar-refractivity contribution >= 4 is 39.1 Å². The van der Waals surface area contributed by atoms with Crippen LogP contribution in [0.5, 0.6) is 0 Å². The quantitative estimate of drug-likeness (QED) is 0.342. The number of hydrogen-bond acceptors (Lipinski definition) is 6.